The predicted molar refractivity (Wildman–Crippen MR) is 37.6 cm³/mol. The highest BCUT2D eigenvalue weighted by molar-refractivity contribution is 7.84. The molecule has 0 atom stereocenters. The summed E-state index contributed by atoms with van der Waals surface area (Å²) in [5.41, 5.74) is 0. The summed E-state index contributed by atoms with van der Waals surface area (Å²) in [5, 5.41) is 8.17. The fraction of sp³-hybridized carbons (Fsp3) is 0.500. The molecule has 1 nitrogen and oxygen atoms in total. The van der Waals surface area contributed by atoms with Gasteiger partial charge < -0.3 is 0 Å². The highest BCUT2D eigenvalue weighted by atomic mass is 32.1. The summed E-state index contributed by atoms with van der Waals surface area (Å²) in [5.74, 6) is 0. The third-order valence-electron chi connectivity index (χ3n) is 0.741. The summed E-state index contributed by atoms with van der Waals surface area (Å²) in [6.07, 6.45) is 3.85. The predicted octanol–water partition coefficient (Wildman–Crippen LogP) is 2.12. The number of unbranched alkanes of at least 4 members (excludes halogenated alkanes) is 1. The number of nitriles is 1. The lowest BCUT2D eigenvalue weighted by molar-refractivity contribution is 0.958. The first-order valence-corrected chi connectivity index (χ1v) is 3.05. The van der Waals surface area contributed by atoms with E-state index in [0.29, 0.717) is 4.91 Å². The molecule has 2 heteroatoms. The molecule has 8 heavy (non-hydrogen) atoms. The van der Waals surface area contributed by atoms with Crippen LogP contribution < -0.4 is 0 Å². The maximum Gasteiger partial charge on any atom is 0.106 e. The maximum atomic E-state index is 8.17. The van der Waals surface area contributed by atoms with E-state index in [2.05, 4.69) is 19.6 Å². The fourth-order valence-corrected chi connectivity index (χ4v) is 0.456. The number of thiol groups is 1. The standard InChI is InChI=1S/C6H9NS/c1-2-3-4-6(8)5-7/h4,8H,2-3H2,1H3/b6-4+. The number of rotatable bonds is 2. The van der Waals surface area contributed by atoms with Gasteiger partial charge in [-0.2, -0.15) is 5.26 Å². The van der Waals surface area contributed by atoms with Gasteiger partial charge in [0.25, 0.3) is 0 Å². The van der Waals surface area contributed by atoms with Crippen molar-refractivity contribution in [2.24, 2.45) is 0 Å². The van der Waals surface area contributed by atoms with Crippen molar-refractivity contribution in [2.45, 2.75) is 19.8 Å². The van der Waals surface area contributed by atoms with Crippen molar-refractivity contribution in [3.8, 4) is 6.07 Å². The van der Waals surface area contributed by atoms with Crippen LogP contribution in [-0.4, -0.2) is 0 Å². The van der Waals surface area contributed by atoms with Crippen LogP contribution in [0.15, 0.2) is 11.0 Å². The van der Waals surface area contributed by atoms with Crippen molar-refractivity contribution in [1.29, 1.82) is 5.26 Å². The van der Waals surface area contributed by atoms with E-state index in [4.69, 9.17) is 5.26 Å². The van der Waals surface area contributed by atoms with E-state index in [-0.39, 0.29) is 0 Å². The third kappa shape index (κ3) is 3.76. The van der Waals surface area contributed by atoms with E-state index in [0.717, 1.165) is 12.8 Å². The Morgan fingerprint density at radius 3 is 2.88 bits per heavy atom. The van der Waals surface area contributed by atoms with Gasteiger partial charge in [-0.05, 0) is 6.42 Å². The minimum atomic E-state index is 0.520. The molecule has 0 aliphatic heterocycles. The molecule has 0 aliphatic rings. The highest BCUT2D eigenvalue weighted by Crippen LogP contribution is 2.00. The zero-order chi connectivity index (χ0) is 6.41. The molecule has 0 aromatic rings. The highest BCUT2D eigenvalue weighted by Gasteiger charge is 1.80. The Balaban J connectivity index is 3.46. The minimum Gasteiger partial charge on any atom is -0.192 e. The Morgan fingerprint density at radius 2 is 2.50 bits per heavy atom. The van der Waals surface area contributed by atoms with Crippen molar-refractivity contribution >= 4 is 12.6 Å². The van der Waals surface area contributed by atoms with Crippen LogP contribution in [-0.2, 0) is 0 Å². The SMILES string of the molecule is CCC/C=C(/S)C#N. The van der Waals surface area contributed by atoms with Gasteiger partial charge in [0.2, 0.25) is 0 Å². The molecule has 0 spiro atoms. The van der Waals surface area contributed by atoms with E-state index in [1.165, 1.54) is 0 Å². The van der Waals surface area contributed by atoms with Gasteiger partial charge in [-0.1, -0.05) is 19.4 Å². The van der Waals surface area contributed by atoms with Gasteiger partial charge >= 0.3 is 0 Å². The van der Waals surface area contributed by atoms with Crippen LogP contribution >= 0.6 is 12.6 Å². The zero-order valence-electron chi connectivity index (χ0n) is 4.89. The first-order valence-electron chi connectivity index (χ1n) is 2.60. The molecule has 44 valence electrons. The molecule has 0 aliphatic carbocycles. The molecule has 0 saturated heterocycles. The first kappa shape index (κ1) is 7.58. The summed E-state index contributed by atoms with van der Waals surface area (Å²) in [4.78, 5) is 0.520. The molecule has 0 aromatic carbocycles. The largest absolute Gasteiger partial charge is 0.192 e. The molecule has 0 rings (SSSR count). The summed E-state index contributed by atoms with van der Waals surface area (Å²) < 4.78 is 0. The molecule has 0 saturated carbocycles. The summed E-state index contributed by atoms with van der Waals surface area (Å²) in [6, 6.07) is 1.93. The van der Waals surface area contributed by atoms with Crippen LogP contribution in [0, 0.1) is 11.3 Å². The molecular weight excluding hydrogens is 118 g/mol. The van der Waals surface area contributed by atoms with Crippen molar-refractivity contribution in [3.63, 3.8) is 0 Å². The van der Waals surface area contributed by atoms with Crippen LogP contribution in [0.25, 0.3) is 0 Å². The Kier molecular flexibility index (Phi) is 4.48. The molecule has 0 bridgehead atoms. The lowest BCUT2D eigenvalue weighted by atomic mass is 10.3. The van der Waals surface area contributed by atoms with E-state index in [1.807, 2.05) is 12.1 Å². The molecule has 0 aromatic heterocycles. The van der Waals surface area contributed by atoms with Crippen LogP contribution in [0.5, 0.6) is 0 Å². The Hall–Kier alpha value is -0.420. The van der Waals surface area contributed by atoms with E-state index in [9.17, 15) is 0 Å². The number of allylic oxidation sites excluding steroid dienone is 2. The van der Waals surface area contributed by atoms with Crippen LogP contribution in [0.4, 0.5) is 0 Å². The average molecular weight is 127 g/mol. The normalized spacial score (nSPS) is 10.9. The van der Waals surface area contributed by atoms with Gasteiger partial charge in [-0.3, -0.25) is 0 Å². The minimum absolute atomic E-state index is 0.520. The molecule has 0 unspecified atom stereocenters. The molecule has 0 fully saturated rings. The summed E-state index contributed by atoms with van der Waals surface area (Å²) >= 11 is 3.86. The quantitative estimate of drug-likeness (QED) is 0.446. The lowest BCUT2D eigenvalue weighted by Crippen LogP contribution is -1.64. The van der Waals surface area contributed by atoms with Crippen molar-refractivity contribution in [2.75, 3.05) is 0 Å². The fourth-order valence-electron chi connectivity index (χ4n) is 0.327. The van der Waals surface area contributed by atoms with Crippen LogP contribution in [0.1, 0.15) is 19.8 Å². The molecule has 0 amide bonds. The van der Waals surface area contributed by atoms with Gasteiger partial charge in [-0.25, -0.2) is 0 Å². The van der Waals surface area contributed by atoms with Crippen LogP contribution in [0.3, 0.4) is 0 Å². The van der Waals surface area contributed by atoms with Gasteiger partial charge in [-0.15, -0.1) is 12.6 Å². The summed E-state index contributed by atoms with van der Waals surface area (Å²) in [7, 11) is 0. The van der Waals surface area contributed by atoms with Crippen molar-refractivity contribution < 1.29 is 0 Å². The van der Waals surface area contributed by atoms with E-state index < -0.39 is 0 Å². The molecule has 0 radical (unpaired) electrons. The lowest BCUT2D eigenvalue weighted by Gasteiger charge is -1.82. The topological polar surface area (TPSA) is 23.8 Å². The molecule has 0 N–H and O–H groups in total. The Bertz CT molecular complexity index is 121. The number of hydrogen-bond acceptors (Lipinski definition) is 2. The second kappa shape index (κ2) is 4.73. The Labute approximate surface area is 55.4 Å². The zero-order valence-corrected chi connectivity index (χ0v) is 5.78. The second-order valence-corrected chi connectivity index (χ2v) is 1.97. The van der Waals surface area contributed by atoms with E-state index in [1.54, 1.807) is 0 Å². The number of nitrogens with zero attached hydrogens (tertiary/aromatic N) is 1. The molecular formula is C6H9NS. The van der Waals surface area contributed by atoms with Gasteiger partial charge in [0.15, 0.2) is 0 Å². The Morgan fingerprint density at radius 1 is 1.88 bits per heavy atom. The second-order valence-electron chi connectivity index (χ2n) is 1.49. The number of hydrogen-bond donors (Lipinski definition) is 1. The third-order valence-corrected chi connectivity index (χ3v) is 1.02. The van der Waals surface area contributed by atoms with Crippen molar-refractivity contribution in [1.82, 2.24) is 0 Å². The smallest absolute Gasteiger partial charge is 0.106 e. The van der Waals surface area contributed by atoms with Gasteiger partial charge in [0.05, 0.1) is 4.91 Å². The maximum absolute atomic E-state index is 8.17. The van der Waals surface area contributed by atoms with E-state index >= 15 is 0 Å². The van der Waals surface area contributed by atoms with Gasteiger partial charge in [0, 0.05) is 0 Å². The monoisotopic (exact) mass is 127 g/mol. The molecule has 0 heterocycles. The van der Waals surface area contributed by atoms with Gasteiger partial charge in [0.1, 0.15) is 6.07 Å². The average Bonchev–Trinajstić information content (AvgIpc) is 1.83. The van der Waals surface area contributed by atoms with Crippen LogP contribution in [0.2, 0.25) is 0 Å². The summed E-state index contributed by atoms with van der Waals surface area (Å²) in [6.45, 7) is 2.06. The first-order chi connectivity index (χ1) is 3.81. The van der Waals surface area contributed by atoms with Crippen molar-refractivity contribution in [3.05, 3.63) is 11.0 Å².